The molecule has 0 aliphatic carbocycles. The summed E-state index contributed by atoms with van der Waals surface area (Å²) < 4.78 is 22.1. The summed E-state index contributed by atoms with van der Waals surface area (Å²) >= 11 is 0. The molecule has 0 saturated carbocycles. The molecule has 1 aromatic carbocycles. The van der Waals surface area contributed by atoms with E-state index in [4.69, 9.17) is 18.3 Å². The number of methoxy groups -OCH3 is 2. The summed E-state index contributed by atoms with van der Waals surface area (Å²) in [7, 11) is 1.62. The fourth-order valence-electron chi connectivity index (χ4n) is 1.83. The van der Waals surface area contributed by atoms with Gasteiger partial charge in [0.25, 0.3) is 0 Å². The van der Waals surface area contributed by atoms with Gasteiger partial charge >= 0.3 is 9.28 Å². The fourth-order valence-corrected chi connectivity index (χ4v) is 3.59. The molecule has 0 radical (unpaired) electrons. The minimum absolute atomic E-state index is 0.684. The maximum atomic E-state index is 5.68. The number of para-hydroxylation sites is 1. The van der Waals surface area contributed by atoms with E-state index in [0.717, 1.165) is 23.1 Å². The number of benzene rings is 1. The molecule has 0 aliphatic heterocycles. The zero-order valence-electron chi connectivity index (χ0n) is 11.6. The van der Waals surface area contributed by atoms with Gasteiger partial charge in [0.1, 0.15) is 0 Å². The Morgan fingerprint density at radius 3 is 2.17 bits per heavy atom. The van der Waals surface area contributed by atoms with Gasteiger partial charge in [0.2, 0.25) is 0 Å². The standard InChI is InChI=1S/C13H22O4Si/c1-5-16-18(17-6-2)10-11-8-7-9-12(14-3)13(11)15-4/h7-9,18H,5-6,10H2,1-4H3. The lowest BCUT2D eigenvalue weighted by Crippen LogP contribution is -2.26. The molecule has 0 saturated heterocycles. The lowest BCUT2D eigenvalue weighted by atomic mass is 10.2. The second kappa shape index (κ2) is 8.13. The van der Waals surface area contributed by atoms with Crippen LogP contribution in [0.4, 0.5) is 0 Å². The highest BCUT2D eigenvalue weighted by Gasteiger charge is 2.18. The first kappa shape index (κ1) is 15.0. The van der Waals surface area contributed by atoms with Crippen molar-refractivity contribution in [2.45, 2.75) is 19.9 Å². The molecule has 0 unspecified atom stereocenters. The topological polar surface area (TPSA) is 36.9 Å². The Morgan fingerprint density at radius 2 is 1.67 bits per heavy atom. The highest BCUT2D eigenvalue weighted by atomic mass is 28.3. The van der Waals surface area contributed by atoms with Crippen LogP contribution in [0.5, 0.6) is 11.5 Å². The molecule has 0 aliphatic rings. The average molecular weight is 270 g/mol. The first-order chi connectivity index (χ1) is 8.76. The summed E-state index contributed by atoms with van der Waals surface area (Å²) in [5.41, 5.74) is 1.08. The van der Waals surface area contributed by atoms with Crippen LogP contribution in [-0.2, 0) is 14.9 Å². The molecular weight excluding hydrogens is 248 g/mol. The van der Waals surface area contributed by atoms with Crippen LogP contribution >= 0.6 is 0 Å². The second-order valence-corrected chi connectivity index (χ2v) is 5.63. The smallest absolute Gasteiger partial charge is 0.326 e. The van der Waals surface area contributed by atoms with Crippen LogP contribution in [0, 0.1) is 0 Å². The van der Waals surface area contributed by atoms with E-state index in [9.17, 15) is 0 Å². The normalized spacial score (nSPS) is 10.7. The zero-order valence-corrected chi connectivity index (χ0v) is 12.7. The van der Waals surface area contributed by atoms with Crippen LogP contribution in [0.25, 0.3) is 0 Å². The van der Waals surface area contributed by atoms with Crippen LogP contribution in [-0.4, -0.2) is 36.7 Å². The van der Waals surface area contributed by atoms with Gasteiger partial charge in [-0.15, -0.1) is 0 Å². The molecule has 102 valence electrons. The van der Waals surface area contributed by atoms with Gasteiger partial charge in [-0.05, 0) is 25.5 Å². The van der Waals surface area contributed by atoms with Crippen LogP contribution in [0.2, 0.25) is 0 Å². The Bertz CT molecular complexity index is 351. The van der Waals surface area contributed by atoms with Gasteiger partial charge in [-0.2, -0.15) is 0 Å². The number of rotatable bonds is 8. The van der Waals surface area contributed by atoms with Gasteiger partial charge in [-0.25, -0.2) is 0 Å². The van der Waals surface area contributed by atoms with Gasteiger partial charge < -0.3 is 18.3 Å². The molecule has 1 aromatic rings. The molecule has 0 aromatic heterocycles. The Kier molecular flexibility index (Phi) is 6.78. The summed E-state index contributed by atoms with van der Waals surface area (Å²) in [5, 5.41) is 0. The van der Waals surface area contributed by atoms with Crippen LogP contribution in [0.3, 0.4) is 0 Å². The van der Waals surface area contributed by atoms with Crippen molar-refractivity contribution in [2.75, 3.05) is 27.4 Å². The summed E-state index contributed by atoms with van der Waals surface area (Å²) in [6.07, 6.45) is 0. The number of hydrogen-bond donors (Lipinski definition) is 0. The molecule has 0 atom stereocenters. The highest BCUT2D eigenvalue weighted by molar-refractivity contribution is 6.43. The van der Waals surface area contributed by atoms with Gasteiger partial charge in [0.05, 0.1) is 14.2 Å². The average Bonchev–Trinajstić information content (AvgIpc) is 2.39. The maximum Gasteiger partial charge on any atom is 0.326 e. The van der Waals surface area contributed by atoms with Gasteiger partial charge in [-0.3, -0.25) is 0 Å². The molecule has 4 nitrogen and oxygen atoms in total. The van der Waals surface area contributed by atoms with Crippen molar-refractivity contribution in [3.05, 3.63) is 23.8 Å². The van der Waals surface area contributed by atoms with E-state index < -0.39 is 9.28 Å². The molecule has 5 heteroatoms. The van der Waals surface area contributed by atoms with Crippen molar-refractivity contribution < 1.29 is 18.3 Å². The maximum absolute atomic E-state index is 5.68. The van der Waals surface area contributed by atoms with E-state index in [2.05, 4.69) is 0 Å². The highest BCUT2D eigenvalue weighted by Crippen LogP contribution is 2.31. The lowest BCUT2D eigenvalue weighted by Gasteiger charge is -2.17. The zero-order chi connectivity index (χ0) is 13.4. The van der Waals surface area contributed by atoms with Gasteiger partial charge in [0.15, 0.2) is 11.5 Å². The van der Waals surface area contributed by atoms with E-state index in [1.54, 1.807) is 14.2 Å². The Hall–Kier alpha value is -1.04. The quantitative estimate of drug-likeness (QED) is 0.678. The Morgan fingerprint density at radius 1 is 1.00 bits per heavy atom. The largest absolute Gasteiger partial charge is 0.493 e. The summed E-state index contributed by atoms with van der Waals surface area (Å²) in [4.78, 5) is 0. The third-order valence-electron chi connectivity index (χ3n) is 2.58. The third kappa shape index (κ3) is 4.01. The van der Waals surface area contributed by atoms with Crippen molar-refractivity contribution in [1.82, 2.24) is 0 Å². The van der Waals surface area contributed by atoms with E-state index in [1.165, 1.54) is 0 Å². The predicted octanol–water partition coefficient (Wildman–Crippen LogP) is 2.08. The minimum atomic E-state index is -1.67. The van der Waals surface area contributed by atoms with Crippen LogP contribution in [0.15, 0.2) is 18.2 Å². The van der Waals surface area contributed by atoms with Crippen molar-refractivity contribution in [2.24, 2.45) is 0 Å². The van der Waals surface area contributed by atoms with Crippen molar-refractivity contribution in [1.29, 1.82) is 0 Å². The van der Waals surface area contributed by atoms with Crippen molar-refractivity contribution in [3.63, 3.8) is 0 Å². The molecule has 0 amide bonds. The molecule has 0 fully saturated rings. The molecule has 18 heavy (non-hydrogen) atoms. The third-order valence-corrected chi connectivity index (χ3v) is 4.76. The van der Waals surface area contributed by atoms with Crippen LogP contribution in [0.1, 0.15) is 19.4 Å². The number of hydrogen-bond acceptors (Lipinski definition) is 4. The van der Waals surface area contributed by atoms with E-state index >= 15 is 0 Å². The molecule has 0 heterocycles. The lowest BCUT2D eigenvalue weighted by molar-refractivity contribution is 0.212. The Balaban J connectivity index is 2.87. The summed E-state index contributed by atoms with van der Waals surface area (Å²) in [6.45, 7) is 5.34. The monoisotopic (exact) mass is 270 g/mol. The molecule has 1 rings (SSSR count). The predicted molar refractivity (Wildman–Crippen MR) is 73.7 cm³/mol. The first-order valence-electron chi connectivity index (χ1n) is 6.19. The first-order valence-corrected chi connectivity index (χ1v) is 7.95. The van der Waals surface area contributed by atoms with Crippen molar-refractivity contribution in [3.8, 4) is 11.5 Å². The molecular formula is C13H22O4Si. The minimum Gasteiger partial charge on any atom is -0.493 e. The van der Waals surface area contributed by atoms with Crippen LogP contribution < -0.4 is 9.47 Å². The SMILES string of the molecule is CCO[SiH](Cc1cccc(OC)c1OC)OCC. The number of ether oxygens (including phenoxy) is 2. The summed E-state index contributed by atoms with van der Waals surface area (Å²) in [5.74, 6) is 1.52. The van der Waals surface area contributed by atoms with Gasteiger partial charge in [-0.1, -0.05) is 12.1 Å². The van der Waals surface area contributed by atoms with Gasteiger partial charge in [0, 0.05) is 19.3 Å². The molecule has 0 spiro atoms. The van der Waals surface area contributed by atoms with E-state index in [1.807, 2.05) is 32.0 Å². The van der Waals surface area contributed by atoms with E-state index in [-0.39, 0.29) is 0 Å². The van der Waals surface area contributed by atoms with E-state index in [0.29, 0.717) is 13.2 Å². The Labute approximate surface area is 111 Å². The summed E-state index contributed by atoms with van der Waals surface area (Å²) in [6, 6.07) is 6.65. The second-order valence-electron chi connectivity index (χ2n) is 3.70. The molecule has 0 bridgehead atoms. The van der Waals surface area contributed by atoms with Crippen molar-refractivity contribution >= 4 is 9.28 Å². The molecule has 0 N–H and O–H groups in total. The fraction of sp³-hybridized carbons (Fsp3) is 0.538.